The van der Waals surface area contributed by atoms with Crippen molar-refractivity contribution in [2.75, 3.05) is 27.2 Å². The van der Waals surface area contributed by atoms with Crippen LogP contribution < -0.4 is 5.32 Å². The highest BCUT2D eigenvalue weighted by molar-refractivity contribution is 5.11. The van der Waals surface area contributed by atoms with Crippen LogP contribution in [0.25, 0.3) is 0 Å². The molecule has 0 unspecified atom stereocenters. The Hall–Kier alpha value is -0.970. The lowest BCUT2D eigenvalue weighted by Gasteiger charge is -2.35. The molecule has 4 nitrogen and oxygen atoms in total. The normalized spacial score (nSPS) is 21.1. The third-order valence-corrected chi connectivity index (χ3v) is 4.69. The van der Waals surface area contributed by atoms with Gasteiger partial charge in [0.15, 0.2) is 0 Å². The number of nitrogens with one attached hydrogen (secondary N) is 1. The maximum absolute atomic E-state index is 4.81. The van der Waals surface area contributed by atoms with E-state index in [0.29, 0.717) is 0 Å². The molecule has 4 heteroatoms. The van der Waals surface area contributed by atoms with Gasteiger partial charge in [-0.05, 0) is 51.9 Å². The van der Waals surface area contributed by atoms with Crippen LogP contribution in [0.15, 0.2) is 18.2 Å². The van der Waals surface area contributed by atoms with Crippen molar-refractivity contribution < 1.29 is 0 Å². The van der Waals surface area contributed by atoms with Crippen molar-refractivity contribution in [1.29, 1.82) is 0 Å². The molecule has 0 amide bonds. The molecular formula is C17H28N4. The van der Waals surface area contributed by atoms with Crippen LogP contribution in [0, 0.1) is 0 Å². The molecule has 0 atom stereocenters. The number of hydrogen-bond acceptors (Lipinski definition) is 4. The molecule has 1 saturated heterocycles. The summed E-state index contributed by atoms with van der Waals surface area (Å²) in [5.41, 5.74) is 2.40. The van der Waals surface area contributed by atoms with E-state index in [4.69, 9.17) is 4.98 Å². The lowest BCUT2D eigenvalue weighted by Crippen LogP contribution is -2.41. The van der Waals surface area contributed by atoms with Gasteiger partial charge in [-0.1, -0.05) is 6.07 Å². The average Bonchev–Trinajstić information content (AvgIpc) is 3.30. The Morgan fingerprint density at radius 3 is 2.52 bits per heavy atom. The Bertz CT molecular complexity index is 448. The first-order valence-electron chi connectivity index (χ1n) is 8.27. The summed E-state index contributed by atoms with van der Waals surface area (Å²) >= 11 is 0. The van der Waals surface area contributed by atoms with Crippen molar-refractivity contribution in [2.24, 2.45) is 0 Å². The van der Waals surface area contributed by atoms with Crippen LogP contribution in [-0.4, -0.2) is 54.1 Å². The molecule has 1 aromatic rings. The third kappa shape index (κ3) is 4.50. The first-order valence-corrected chi connectivity index (χ1v) is 8.27. The molecule has 0 aromatic carbocycles. The predicted octanol–water partition coefficient (Wildman–Crippen LogP) is 1.86. The third-order valence-electron chi connectivity index (χ3n) is 4.69. The van der Waals surface area contributed by atoms with Gasteiger partial charge in [0.25, 0.3) is 0 Å². The van der Waals surface area contributed by atoms with E-state index in [1.807, 2.05) is 0 Å². The van der Waals surface area contributed by atoms with Crippen LogP contribution in [0.1, 0.15) is 37.1 Å². The summed E-state index contributed by atoms with van der Waals surface area (Å²) in [5, 5.41) is 3.54. The van der Waals surface area contributed by atoms with Gasteiger partial charge in [0.2, 0.25) is 0 Å². The monoisotopic (exact) mass is 288 g/mol. The van der Waals surface area contributed by atoms with Crippen LogP contribution in [0.4, 0.5) is 0 Å². The lowest BCUT2D eigenvalue weighted by atomic mass is 10.0. The topological polar surface area (TPSA) is 31.4 Å². The number of piperidine rings is 1. The van der Waals surface area contributed by atoms with Gasteiger partial charge in [-0.3, -0.25) is 9.88 Å². The molecular weight excluding hydrogens is 260 g/mol. The molecule has 1 saturated carbocycles. The van der Waals surface area contributed by atoms with Gasteiger partial charge in [0.05, 0.1) is 11.4 Å². The highest BCUT2D eigenvalue weighted by Gasteiger charge is 2.21. The Morgan fingerprint density at radius 2 is 1.86 bits per heavy atom. The summed E-state index contributed by atoms with van der Waals surface area (Å²) in [6, 6.07) is 7.96. The Labute approximate surface area is 128 Å². The lowest BCUT2D eigenvalue weighted by molar-refractivity contribution is 0.139. The smallest absolute Gasteiger partial charge is 0.0547 e. The van der Waals surface area contributed by atoms with Gasteiger partial charge in [0.1, 0.15) is 0 Å². The van der Waals surface area contributed by atoms with Gasteiger partial charge < -0.3 is 10.2 Å². The molecule has 1 N–H and O–H groups in total. The fourth-order valence-electron chi connectivity index (χ4n) is 3.08. The maximum Gasteiger partial charge on any atom is 0.0547 e. The minimum absolute atomic E-state index is 0.750. The number of hydrogen-bond donors (Lipinski definition) is 1. The largest absolute Gasteiger partial charge is 0.308 e. The number of rotatable bonds is 6. The zero-order valence-electron chi connectivity index (χ0n) is 13.4. The van der Waals surface area contributed by atoms with Crippen molar-refractivity contribution in [2.45, 2.75) is 50.9 Å². The zero-order chi connectivity index (χ0) is 14.7. The van der Waals surface area contributed by atoms with Crippen molar-refractivity contribution in [3.05, 3.63) is 29.6 Å². The summed E-state index contributed by atoms with van der Waals surface area (Å²) in [5.74, 6) is 0. The molecule has 2 fully saturated rings. The van der Waals surface area contributed by atoms with Gasteiger partial charge >= 0.3 is 0 Å². The fraction of sp³-hybridized carbons (Fsp3) is 0.706. The molecule has 0 bridgehead atoms. The van der Waals surface area contributed by atoms with E-state index in [2.05, 4.69) is 47.4 Å². The predicted molar refractivity (Wildman–Crippen MR) is 86.1 cm³/mol. The highest BCUT2D eigenvalue weighted by Crippen LogP contribution is 2.19. The molecule has 2 heterocycles. The van der Waals surface area contributed by atoms with Crippen LogP contribution in [0.5, 0.6) is 0 Å². The van der Waals surface area contributed by atoms with Crippen molar-refractivity contribution in [3.63, 3.8) is 0 Å². The summed E-state index contributed by atoms with van der Waals surface area (Å²) < 4.78 is 0. The molecule has 1 aliphatic heterocycles. The summed E-state index contributed by atoms with van der Waals surface area (Å²) in [6.45, 7) is 4.29. The van der Waals surface area contributed by atoms with Crippen LogP contribution in [0.3, 0.4) is 0 Å². The zero-order valence-corrected chi connectivity index (χ0v) is 13.4. The number of aromatic nitrogens is 1. The second-order valence-corrected chi connectivity index (χ2v) is 6.75. The molecule has 1 aromatic heterocycles. The van der Waals surface area contributed by atoms with Crippen molar-refractivity contribution in [1.82, 2.24) is 20.1 Å². The van der Waals surface area contributed by atoms with Gasteiger partial charge in [-0.25, -0.2) is 0 Å². The highest BCUT2D eigenvalue weighted by atomic mass is 15.2. The number of pyridine rings is 1. The first-order chi connectivity index (χ1) is 10.2. The minimum Gasteiger partial charge on any atom is -0.308 e. The van der Waals surface area contributed by atoms with E-state index >= 15 is 0 Å². The molecule has 2 aliphatic rings. The molecule has 21 heavy (non-hydrogen) atoms. The van der Waals surface area contributed by atoms with E-state index in [9.17, 15) is 0 Å². The summed E-state index contributed by atoms with van der Waals surface area (Å²) in [4.78, 5) is 9.71. The number of likely N-dealkylation sites (tertiary alicyclic amines) is 1. The molecule has 3 rings (SSSR count). The van der Waals surface area contributed by atoms with E-state index in [0.717, 1.165) is 25.2 Å². The minimum atomic E-state index is 0.750. The molecule has 0 radical (unpaired) electrons. The SMILES string of the molecule is CN(C)C1CCN(Cc2cccc(CNC3CC3)n2)CC1. The van der Waals surface area contributed by atoms with Crippen LogP contribution >= 0.6 is 0 Å². The second kappa shape index (κ2) is 6.86. The first kappa shape index (κ1) is 14.9. The summed E-state index contributed by atoms with van der Waals surface area (Å²) in [6.07, 6.45) is 5.22. The Kier molecular flexibility index (Phi) is 4.88. The van der Waals surface area contributed by atoms with Crippen molar-refractivity contribution in [3.8, 4) is 0 Å². The quantitative estimate of drug-likeness (QED) is 0.866. The number of nitrogens with zero attached hydrogens (tertiary/aromatic N) is 3. The molecule has 116 valence electrons. The molecule has 0 spiro atoms. The molecule has 1 aliphatic carbocycles. The van der Waals surface area contributed by atoms with Gasteiger partial charge in [-0.2, -0.15) is 0 Å². The second-order valence-electron chi connectivity index (χ2n) is 6.75. The van der Waals surface area contributed by atoms with E-state index in [-0.39, 0.29) is 0 Å². The van der Waals surface area contributed by atoms with Gasteiger partial charge in [0, 0.05) is 38.3 Å². The standard InChI is InChI=1S/C17H28N4/c1-20(2)17-8-10-21(11-9-17)13-16-5-3-4-15(19-16)12-18-14-6-7-14/h3-5,14,17-18H,6-13H2,1-2H3. The maximum atomic E-state index is 4.81. The fourth-order valence-corrected chi connectivity index (χ4v) is 3.08. The van der Waals surface area contributed by atoms with E-state index < -0.39 is 0 Å². The van der Waals surface area contributed by atoms with E-state index in [1.165, 1.54) is 50.2 Å². The van der Waals surface area contributed by atoms with Crippen LogP contribution in [-0.2, 0) is 13.1 Å². The Morgan fingerprint density at radius 1 is 1.14 bits per heavy atom. The van der Waals surface area contributed by atoms with Crippen molar-refractivity contribution >= 4 is 0 Å². The van der Waals surface area contributed by atoms with Gasteiger partial charge in [-0.15, -0.1) is 0 Å². The van der Waals surface area contributed by atoms with E-state index in [1.54, 1.807) is 0 Å². The van der Waals surface area contributed by atoms with Crippen LogP contribution in [0.2, 0.25) is 0 Å². The Balaban J connectivity index is 1.49. The summed E-state index contributed by atoms with van der Waals surface area (Å²) in [7, 11) is 4.39. The average molecular weight is 288 g/mol.